The van der Waals surface area contributed by atoms with Crippen LogP contribution in [0.25, 0.3) is 10.2 Å². The van der Waals surface area contributed by atoms with Gasteiger partial charge in [0.1, 0.15) is 0 Å². The maximum Gasteiger partial charge on any atom is 0.227 e. The van der Waals surface area contributed by atoms with Gasteiger partial charge in [0.05, 0.1) is 16.0 Å². The minimum atomic E-state index is -0.0877. The monoisotopic (exact) mass is 488 g/mol. The van der Waals surface area contributed by atoms with Crippen molar-refractivity contribution in [2.45, 2.75) is 29.9 Å². The molecule has 0 unspecified atom stereocenters. The fourth-order valence-corrected chi connectivity index (χ4v) is 4.81. The van der Waals surface area contributed by atoms with Crippen molar-refractivity contribution in [1.82, 2.24) is 15.1 Å². The first kappa shape index (κ1) is 20.1. The molecule has 0 saturated carbocycles. The lowest BCUT2D eigenvalue weighted by Gasteiger charge is -2.06. The Labute approximate surface area is 184 Å². The Morgan fingerprint density at radius 1 is 1.24 bits per heavy atom. The van der Waals surface area contributed by atoms with Gasteiger partial charge in [0.25, 0.3) is 0 Å². The SMILES string of the molecule is Cc1cc(NC(=O)CCc2nc(CSc3nc4ccccc4s3)no2)ccc1Br. The number of para-hydroxylation sites is 1. The highest BCUT2D eigenvalue weighted by Gasteiger charge is 2.11. The number of fused-ring (bicyclic) bond motifs is 1. The third-order valence-electron chi connectivity index (χ3n) is 4.12. The minimum Gasteiger partial charge on any atom is -0.339 e. The van der Waals surface area contributed by atoms with Gasteiger partial charge < -0.3 is 9.84 Å². The number of aromatic nitrogens is 3. The van der Waals surface area contributed by atoms with Crippen LogP contribution in [0.1, 0.15) is 23.7 Å². The number of carbonyl (C=O) groups is 1. The van der Waals surface area contributed by atoms with E-state index < -0.39 is 0 Å². The molecule has 9 heteroatoms. The van der Waals surface area contributed by atoms with Gasteiger partial charge in [-0.15, -0.1) is 11.3 Å². The lowest BCUT2D eigenvalue weighted by Crippen LogP contribution is -2.12. The number of nitrogens with one attached hydrogen (secondary N) is 1. The molecule has 2 aromatic heterocycles. The molecule has 4 aromatic rings. The Morgan fingerprint density at radius 2 is 2.10 bits per heavy atom. The molecule has 148 valence electrons. The summed E-state index contributed by atoms with van der Waals surface area (Å²) in [5, 5.41) is 6.89. The number of halogens is 1. The van der Waals surface area contributed by atoms with Gasteiger partial charge in [-0.25, -0.2) is 4.98 Å². The largest absolute Gasteiger partial charge is 0.339 e. The maximum atomic E-state index is 12.2. The minimum absolute atomic E-state index is 0.0877. The van der Waals surface area contributed by atoms with E-state index in [0.717, 1.165) is 30.3 Å². The molecule has 0 aliphatic heterocycles. The third kappa shape index (κ3) is 5.23. The summed E-state index contributed by atoms with van der Waals surface area (Å²) in [7, 11) is 0. The molecule has 1 amide bonds. The first-order valence-corrected chi connectivity index (χ1v) is 11.5. The van der Waals surface area contributed by atoms with Crippen molar-refractivity contribution in [3.8, 4) is 0 Å². The summed E-state index contributed by atoms with van der Waals surface area (Å²) >= 11 is 6.68. The zero-order chi connectivity index (χ0) is 20.2. The quantitative estimate of drug-likeness (QED) is 0.340. The average molecular weight is 489 g/mol. The van der Waals surface area contributed by atoms with Crippen LogP contribution in [0.3, 0.4) is 0 Å². The molecule has 0 radical (unpaired) electrons. The van der Waals surface area contributed by atoms with Gasteiger partial charge in [-0.05, 0) is 42.8 Å². The summed E-state index contributed by atoms with van der Waals surface area (Å²) in [5.41, 5.74) is 2.84. The first-order chi connectivity index (χ1) is 14.1. The van der Waals surface area contributed by atoms with Crippen LogP contribution in [0.5, 0.6) is 0 Å². The summed E-state index contributed by atoms with van der Waals surface area (Å²) in [6.07, 6.45) is 0.682. The van der Waals surface area contributed by atoms with E-state index in [9.17, 15) is 4.79 Å². The number of amides is 1. The van der Waals surface area contributed by atoms with Gasteiger partial charge in [0, 0.05) is 23.0 Å². The Bertz CT molecular complexity index is 1130. The van der Waals surface area contributed by atoms with Crippen LogP contribution >= 0.6 is 39.0 Å². The zero-order valence-electron chi connectivity index (χ0n) is 15.5. The van der Waals surface area contributed by atoms with Crippen molar-refractivity contribution in [2.24, 2.45) is 0 Å². The van der Waals surface area contributed by atoms with E-state index >= 15 is 0 Å². The van der Waals surface area contributed by atoms with Crippen LogP contribution in [0.15, 0.2) is 55.8 Å². The topological polar surface area (TPSA) is 80.9 Å². The van der Waals surface area contributed by atoms with E-state index in [1.165, 1.54) is 0 Å². The van der Waals surface area contributed by atoms with Crippen molar-refractivity contribution in [2.75, 3.05) is 5.32 Å². The van der Waals surface area contributed by atoms with Crippen molar-refractivity contribution in [3.63, 3.8) is 0 Å². The molecule has 0 aliphatic rings. The van der Waals surface area contributed by atoms with Gasteiger partial charge in [-0.3, -0.25) is 4.79 Å². The van der Waals surface area contributed by atoms with Crippen molar-refractivity contribution >= 4 is 60.8 Å². The van der Waals surface area contributed by atoms with Crippen LogP contribution in [0, 0.1) is 6.92 Å². The van der Waals surface area contributed by atoms with Crippen LogP contribution < -0.4 is 5.32 Å². The molecule has 0 aliphatic carbocycles. The highest BCUT2D eigenvalue weighted by molar-refractivity contribution is 9.10. The fourth-order valence-electron chi connectivity index (χ4n) is 2.66. The Kier molecular flexibility index (Phi) is 6.27. The summed E-state index contributed by atoms with van der Waals surface area (Å²) in [6, 6.07) is 13.8. The summed E-state index contributed by atoms with van der Waals surface area (Å²) in [6.45, 7) is 1.98. The van der Waals surface area contributed by atoms with Gasteiger partial charge in [-0.2, -0.15) is 4.98 Å². The number of aryl methyl sites for hydroxylation is 2. The average Bonchev–Trinajstić information content (AvgIpc) is 3.34. The number of hydrogen-bond acceptors (Lipinski definition) is 7. The molecule has 1 N–H and O–H groups in total. The zero-order valence-corrected chi connectivity index (χ0v) is 18.7. The molecule has 0 bridgehead atoms. The number of thiazole rings is 1. The van der Waals surface area contributed by atoms with E-state index in [1.54, 1.807) is 23.1 Å². The second kappa shape index (κ2) is 9.06. The lowest BCUT2D eigenvalue weighted by molar-refractivity contribution is -0.116. The number of rotatable bonds is 7. The second-order valence-electron chi connectivity index (χ2n) is 6.35. The van der Waals surface area contributed by atoms with Crippen molar-refractivity contribution < 1.29 is 9.32 Å². The predicted molar refractivity (Wildman–Crippen MR) is 119 cm³/mol. The molecule has 2 heterocycles. The van der Waals surface area contributed by atoms with Crippen LogP contribution in [0.4, 0.5) is 5.69 Å². The fraction of sp³-hybridized carbons (Fsp3) is 0.200. The number of nitrogens with zero attached hydrogens (tertiary/aromatic N) is 3. The van der Waals surface area contributed by atoms with Gasteiger partial charge in [-0.1, -0.05) is 45.0 Å². The van der Waals surface area contributed by atoms with E-state index in [-0.39, 0.29) is 12.3 Å². The van der Waals surface area contributed by atoms with E-state index in [4.69, 9.17) is 4.52 Å². The van der Waals surface area contributed by atoms with Crippen molar-refractivity contribution in [3.05, 3.63) is 64.2 Å². The Hall–Kier alpha value is -2.23. The number of thioether (sulfide) groups is 1. The maximum absolute atomic E-state index is 12.2. The lowest BCUT2D eigenvalue weighted by atomic mass is 10.2. The first-order valence-electron chi connectivity index (χ1n) is 8.92. The number of anilines is 1. The van der Waals surface area contributed by atoms with Gasteiger partial charge in [0.15, 0.2) is 10.2 Å². The molecular weight excluding hydrogens is 472 g/mol. The highest BCUT2D eigenvalue weighted by Crippen LogP contribution is 2.30. The van der Waals surface area contributed by atoms with Crippen LogP contribution in [-0.4, -0.2) is 21.0 Å². The molecule has 29 heavy (non-hydrogen) atoms. The number of carbonyl (C=O) groups excluding carboxylic acids is 1. The second-order valence-corrected chi connectivity index (χ2v) is 9.46. The predicted octanol–water partition coefficient (Wildman–Crippen LogP) is 5.61. The van der Waals surface area contributed by atoms with Gasteiger partial charge in [0.2, 0.25) is 11.8 Å². The Balaban J connectivity index is 1.27. The standard InChI is InChI=1S/C20H17BrN4O2S2/c1-12-10-13(6-7-14(12)21)22-18(26)8-9-19-24-17(25-27-19)11-28-20-23-15-4-2-3-5-16(15)29-20/h2-7,10H,8-9,11H2,1H3,(H,22,26). The van der Waals surface area contributed by atoms with Crippen LogP contribution in [0.2, 0.25) is 0 Å². The molecule has 0 saturated heterocycles. The number of hydrogen-bond donors (Lipinski definition) is 1. The molecule has 0 spiro atoms. The van der Waals surface area contributed by atoms with E-state index in [2.05, 4.69) is 42.4 Å². The molecule has 0 fully saturated rings. The Morgan fingerprint density at radius 3 is 2.93 bits per heavy atom. The highest BCUT2D eigenvalue weighted by atomic mass is 79.9. The van der Waals surface area contributed by atoms with Gasteiger partial charge >= 0.3 is 0 Å². The van der Waals surface area contributed by atoms with E-state index in [0.29, 0.717) is 23.9 Å². The number of benzene rings is 2. The van der Waals surface area contributed by atoms with Crippen molar-refractivity contribution in [1.29, 1.82) is 0 Å². The normalized spacial score (nSPS) is 11.1. The smallest absolute Gasteiger partial charge is 0.227 e. The molecule has 0 atom stereocenters. The van der Waals surface area contributed by atoms with E-state index in [1.807, 2.05) is 43.3 Å². The summed E-state index contributed by atoms with van der Waals surface area (Å²) in [4.78, 5) is 21.1. The molecule has 4 rings (SSSR count). The summed E-state index contributed by atoms with van der Waals surface area (Å²) < 4.78 is 8.42. The molecule has 2 aromatic carbocycles. The molecule has 6 nitrogen and oxygen atoms in total. The third-order valence-corrected chi connectivity index (χ3v) is 7.18. The van der Waals surface area contributed by atoms with Crippen LogP contribution in [-0.2, 0) is 17.0 Å². The summed E-state index contributed by atoms with van der Waals surface area (Å²) in [5.74, 6) is 1.56. The molecular formula is C20H17BrN4O2S2.